The summed E-state index contributed by atoms with van der Waals surface area (Å²) in [6.45, 7) is 1.95. The zero-order valence-corrected chi connectivity index (χ0v) is 17.9. The van der Waals surface area contributed by atoms with Gasteiger partial charge in [0.25, 0.3) is 5.91 Å². The van der Waals surface area contributed by atoms with Gasteiger partial charge in [0.2, 0.25) is 0 Å². The topological polar surface area (TPSA) is 72.1 Å². The molecule has 2 fully saturated rings. The quantitative estimate of drug-likeness (QED) is 0.588. The van der Waals surface area contributed by atoms with E-state index in [0.29, 0.717) is 50.2 Å². The van der Waals surface area contributed by atoms with Crippen LogP contribution in [0.25, 0.3) is 5.69 Å². The molecule has 10 heteroatoms. The van der Waals surface area contributed by atoms with E-state index in [1.54, 1.807) is 9.58 Å². The Labute approximate surface area is 184 Å². The molecule has 0 spiro atoms. The molecule has 0 atom stereocenters. The maximum absolute atomic E-state index is 13.3. The van der Waals surface area contributed by atoms with E-state index in [1.165, 1.54) is 12.4 Å². The van der Waals surface area contributed by atoms with Crippen LogP contribution in [0, 0.1) is 6.92 Å². The second kappa shape index (κ2) is 8.42. The van der Waals surface area contributed by atoms with Gasteiger partial charge in [-0.3, -0.25) is 14.3 Å². The van der Waals surface area contributed by atoms with Crippen LogP contribution in [-0.4, -0.2) is 66.4 Å². The van der Waals surface area contributed by atoms with Crippen LogP contribution in [0.5, 0.6) is 0 Å². The third kappa shape index (κ3) is 4.02. The van der Waals surface area contributed by atoms with Gasteiger partial charge < -0.3 is 4.90 Å². The van der Waals surface area contributed by atoms with Crippen molar-refractivity contribution in [3.63, 3.8) is 0 Å². The standard InChI is InChI=1S/C22H25F2N7O/c1-15-2-6-17(7-3-15)31-20(16-4-5-16)19(26-27-31)21(32)29-12-10-28(11-13-29)14-18-25-8-9-30(18)22(23)24/h2-3,6-9,16,22H,4-5,10-14H2,1H3. The number of nitrogens with zero attached hydrogens (tertiary/aromatic N) is 7. The number of piperazine rings is 1. The molecule has 1 amide bonds. The first-order chi connectivity index (χ1) is 15.5. The lowest BCUT2D eigenvalue weighted by Gasteiger charge is -2.34. The first-order valence-corrected chi connectivity index (χ1v) is 10.9. The summed E-state index contributed by atoms with van der Waals surface area (Å²) < 4.78 is 28.8. The third-order valence-corrected chi connectivity index (χ3v) is 6.13. The van der Waals surface area contributed by atoms with Gasteiger partial charge in [0, 0.05) is 44.5 Å². The molecular formula is C22H25F2N7O. The number of amides is 1. The third-order valence-electron chi connectivity index (χ3n) is 6.13. The molecule has 8 nitrogen and oxygen atoms in total. The maximum Gasteiger partial charge on any atom is 0.319 e. The largest absolute Gasteiger partial charge is 0.335 e. The Hall–Kier alpha value is -3.14. The predicted octanol–water partition coefficient (Wildman–Crippen LogP) is 3.00. The number of imidazole rings is 1. The maximum atomic E-state index is 13.3. The number of alkyl halides is 2. The number of benzene rings is 1. The monoisotopic (exact) mass is 441 g/mol. The average Bonchev–Trinajstić information content (AvgIpc) is 3.36. The van der Waals surface area contributed by atoms with Crippen molar-refractivity contribution < 1.29 is 13.6 Å². The van der Waals surface area contributed by atoms with Gasteiger partial charge in [-0.25, -0.2) is 9.67 Å². The number of carbonyl (C=O) groups is 1. The number of rotatable bonds is 6. The minimum atomic E-state index is -2.60. The van der Waals surface area contributed by atoms with Gasteiger partial charge >= 0.3 is 6.55 Å². The molecule has 5 rings (SSSR count). The minimum absolute atomic E-state index is 0.112. The molecule has 168 valence electrons. The van der Waals surface area contributed by atoms with Crippen molar-refractivity contribution in [2.75, 3.05) is 26.2 Å². The highest BCUT2D eigenvalue weighted by Crippen LogP contribution is 2.42. The molecule has 2 aliphatic rings. The number of aryl methyl sites for hydroxylation is 1. The molecule has 1 aliphatic carbocycles. The molecule has 0 unspecified atom stereocenters. The smallest absolute Gasteiger partial charge is 0.319 e. The predicted molar refractivity (Wildman–Crippen MR) is 113 cm³/mol. The second-order valence-electron chi connectivity index (χ2n) is 8.44. The SMILES string of the molecule is Cc1ccc(-n2nnc(C(=O)N3CCN(Cc4nccn4C(F)F)CC3)c2C2CC2)cc1. The van der Waals surface area contributed by atoms with Gasteiger partial charge in [-0.15, -0.1) is 5.10 Å². The van der Waals surface area contributed by atoms with E-state index in [0.717, 1.165) is 34.4 Å². The zero-order chi connectivity index (χ0) is 22.2. The fraction of sp³-hybridized carbons (Fsp3) is 0.455. The van der Waals surface area contributed by atoms with Crippen molar-refractivity contribution in [1.29, 1.82) is 0 Å². The summed E-state index contributed by atoms with van der Waals surface area (Å²) >= 11 is 0. The molecule has 3 aromatic rings. The van der Waals surface area contributed by atoms with Crippen LogP contribution >= 0.6 is 0 Å². The number of hydrogen-bond donors (Lipinski definition) is 0. The first-order valence-electron chi connectivity index (χ1n) is 10.9. The van der Waals surface area contributed by atoms with E-state index in [9.17, 15) is 13.6 Å². The average molecular weight is 441 g/mol. The zero-order valence-electron chi connectivity index (χ0n) is 17.9. The summed E-state index contributed by atoms with van der Waals surface area (Å²) in [5.41, 5.74) is 3.38. The number of hydrogen-bond acceptors (Lipinski definition) is 5. The Balaban J connectivity index is 1.28. The van der Waals surface area contributed by atoms with Gasteiger partial charge in [0.05, 0.1) is 17.9 Å². The number of aromatic nitrogens is 5. The van der Waals surface area contributed by atoms with E-state index in [4.69, 9.17) is 0 Å². The van der Waals surface area contributed by atoms with Crippen LogP contribution in [0.15, 0.2) is 36.7 Å². The highest BCUT2D eigenvalue weighted by molar-refractivity contribution is 5.93. The normalized spacial score (nSPS) is 17.3. The van der Waals surface area contributed by atoms with Gasteiger partial charge in [-0.1, -0.05) is 22.9 Å². The van der Waals surface area contributed by atoms with E-state index in [-0.39, 0.29) is 5.91 Å². The second-order valence-corrected chi connectivity index (χ2v) is 8.44. The van der Waals surface area contributed by atoms with E-state index >= 15 is 0 Å². The highest BCUT2D eigenvalue weighted by atomic mass is 19.3. The molecule has 32 heavy (non-hydrogen) atoms. The Morgan fingerprint density at radius 1 is 1.12 bits per heavy atom. The van der Waals surface area contributed by atoms with Crippen molar-refractivity contribution in [3.8, 4) is 5.69 Å². The molecule has 1 aromatic carbocycles. The lowest BCUT2D eigenvalue weighted by atomic mass is 10.1. The van der Waals surface area contributed by atoms with Crippen molar-refractivity contribution >= 4 is 5.91 Å². The Kier molecular flexibility index (Phi) is 5.46. The van der Waals surface area contributed by atoms with Gasteiger partial charge in [-0.05, 0) is 31.9 Å². The van der Waals surface area contributed by atoms with Crippen LogP contribution in [0.1, 0.15) is 52.9 Å². The number of carbonyl (C=O) groups excluding carboxylic acids is 1. The molecule has 1 saturated carbocycles. The van der Waals surface area contributed by atoms with Crippen LogP contribution in [-0.2, 0) is 6.54 Å². The van der Waals surface area contributed by atoms with Crippen LogP contribution in [0.2, 0.25) is 0 Å². The number of halogens is 2. The van der Waals surface area contributed by atoms with Crippen LogP contribution in [0.4, 0.5) is 8.78 Å². The molecule has 2 aromatic heterocycles. The van der Waals surface area contributed by atoms with Crippen molar-refractivity contribution in [2.24, 2.45) is 0 Å². The highest BCUT2D eigenvalue weighted by Gasteiger charge is 2.36. The summed E-state index contributed by atoms with van der Waals surface area (Å²) in [4.78, 5) is 21.2. The van der Waals surface area contributed by atoms with E-state index < -0.39 is 6.55 Å². The molecule has 0 bridgehead atoms. The summed E-state index contributed by atoms with van der Waals surface area (Å²) in [7, 11) is 0. The van der Waals surface area contributed by atoms with Gasteiger partial charge in [0.1, 0.15) is 5.82 Å². The molecule has 1 saturated heterocycles. The summed E-state index contributed by atoms with van der Waals surface area (Å²) in [6.07, 6.45) is 4.74. The van der Waals surface area contributed by atoms with Crippen LogP contribution in [0.3, 0.4) is 0 Å². The fourth-order valence-electron chi connectivity index (χ4n) is 4.14. The van der Waals surface area contributed by atoms with E-state index in [1.807, 2.05) is 36.1 Å². The molecule has 0 N–H and O–H groups in total. The van der Waals surface area contributed by atoms with Crippen LogP contribution < -0.4 is 0 Å². The van der Waals surface area contributed by atoms with E-state index in [2.05, 4.69) is 15.3 Å². The Morgan fingerprint density at radius 3 is 2.50 bits per heavy atom. The van der Waals surface area contributed by atoms with Crippen molar-refractivity contribution in [2.45, 2.75) is 38.8 Å². The Morgan fingerprint density at radius 2 is 1.84 bits per heavy atom. The van der Waals surface area contributed by atoms with Crippen molar-refractivity contribution in [1.82, 2.24) is 34.3 Å². The molecule has 0 radical (unpaired) electrons. The Bertz CT molecular complexity index is 1100. The molecule has 1 aliphatic heterocycles. The lowest BCUT2D eigenvalue weighted by Crippen LogP contribution is -2.48. The van der Waals surface area contributed by atoms with Gasteiger partial charge in [0.15, 0.2) is 5.69 Å². The summed E-state index contributed by atoms with van der Waals surface area (Å²) in [6, 6.07) is 8.03. The fourth-order valence-corrected chi connectivity index (χ4v) is 4.14. The molecule has 3 heterocycles. The summed E-state index contributed by atoms with van der Waals surface area (Å²) in [5, 5.41) is 8.58. The molecular weight excluding hydrogens is 416 g/mol. The first kappa shape index (κ1) is 20.7. The lowest BCUT2D eigenvalue weighted by molar-refractivity contribution is 0.0552. The van der Waals surface area contributed by atoms with Gasteiger partial charge in [-0.2, -0.15) is 8.78 Å². The van der Waals surface area contributed by atoms with Crippen molar-refractivity contribution in [3.05, 3.63) is 59.4 Å². The summed E-state index contributed by atoms with van der Waals surface area (Å²) in [5.74, 6) is 0.524. The minimum Gasteiger partial charge on any atom is -0.335 e.